The van der Waals surface area contributed by atoms with Crippen LogP contribution in [0.2, 0.25) is 0 Å². The van der Waals surface area contributed by atoms with Gasteiger partial charge in [-0.15, -0.1) is 0 Å². The van der Waals surface area contributed by atoms with Gasteiger partial charge in [-0.1, -0.05) is 0 Å². The quantitative estimate of drug-likeness (QED) is 0.342. The van der Waals surface area contributed by atoms with Crippen molar-refractivity contribution >= 4 is 53.8 Å². The third-order valence-electron chi connectivity index (χ3n) is 1.22. The van der Waals surface area contributed by atoms with Crippen LogP contribution in [0, 0.1) is 0 Å². The molecular formula is C6H7NaO10. The molecule has 0 rings (SSSR count). The Morgan fingerprint density at radius 1 is 0.706 bits per heavy atom. The molecule has 0 saturated carbocycles. The van der Waals surface area contributed by atoms with E-state index >= 15 is 0 Å². The number of rotatable bonds is 5. The maximum absolute atomic E-state index is 10.4. The Morgan fingerprint density at radius 2 is 0.941 bits per heavy atom. The fourth-order valence-electron chi connectivity index (χ4n) is 0.701. The molecule has 10 nitrogen and oxygen atoms in total. The van der Waals surface area contributed by atoms with Gasteiger partial charge in [0, 0.05) is 0 Å². The molecule has 0 aliphatic carbocycles. The Kier molecular flexibility index (Phi) is 8.10. The SMILES string of the molecule is O=C(O)OC(C(=O)O)C(OC(=O)O)C(=O)O.[NaH]. The van der Waals surface area contributed by atoms with Crippen LogP contribution in [0.3, 0.4) is 0 Å². The maximum atomic E-state index is 10.4. The zero-order valence-corrected chi connectivity index (χ0v) is 7.39. The molecule has 0 spiro atoms. The second-order valence-electron chi connectivity index (χ2n) is 2.29. The van der Waals surface area contributed by atoms with Gasteiger partial charge in [0.2, 0.25) is 12.2 Å². The van der Waals surface area contributed by atoms with E-state index in [1.165, 1.54) is 0 Å². The first-order valence-corrected chi connectivity index (χ1v) is 3.50. The van der Waals surface area contributed by atoms with Crippen LogP contribution in [0.4, 0.5) is 9.59 Å². The number of carboxylic acids is 2. The van der Waals surface area contributed by atoms with Crippen molar-refractivity contribution in [1.29, 1.82) is 0 Å². The van der Waals surface area contributed by atoms with Gasteiger partial charge in [-0.05, 0) is 0 Å². The van der Waals surface area contributed by atoms with Gasteiger partial charge >= 0.3 is 53.8 Å². The van der Waals surface area contributed by atoms with Crippen molar-refractivity contribution in [2.75, 3.05) is 0 Å². The minimum absolute atomic E-state index is 0. The molecule has 0 radical (unpaired) electrons. The summed E-state index contributed by atoms with van der Waals surface area (Å²) in [6, 6.07) is 0. The number of carbonyl (C=O) groups is 4. The Hall–Kier alpha value is -1.52. The van der Waals surface area contributed by atoms with Gasteiger partial charge in [0.05, 0.1) is 0 Å². The molecule has 17 heavy (non-hydrogen) atoms. The van der Waals surface area contributed by atoms with Crippen LogP contribution in [0.25, 0.3) is 0 Å². The van der Waals surface area contributed by atoms with Crippen LogP contribution in [0.15, 0.2) is 0 Å². The average Bonchev–Trinajstić information content (AvgIpc) is 2.09. The minimum atomic E-state index is -2.48. The molecule has 0 saturated heterocycles. The van der Waals surface area contributed by atoms with E-state index in [2.05, 4.69) is 9.47 Å². The van der Waals surface area contributed by atoms with Crippen LogP contribution in [0.5, 0.6) is 0 Å². The summed E-state index contributed by atoms with van der Waals surface area (Å²) in [4.78, 5) is 41.0. The Labute approximate surface area is 115 Å². The molecule has 0 aliphatic heterocycles. The van der Waals surface area contributed by atoms with Gasteiger partial charge < -0.3 is 29.9 Å². The number of aliphatic carboxylic acids is 2. The van der Waals surface area contributed by atoms with Crippen LogP contribution in [0.1, 0.15) is 0 Å². The zero-order valence-electron chi connectivity index (χ0n) is 7.39. The first-order chi connectivity index (χ1) is 7.25. The average molecular weight is 262 g/mol. The van der Waals surface area contributed by atoms with Gasteiger partial charge in [-0.3, -0.25) is 0 Å². The molecule has 0 aromatic rings. The molecular weight excluding hydrogens is 255 g/mol. The van der Waals surface area contributed by atoms with Crippen LogP contribution < -0.4 is 0 Å². The molecule has 0 fully saturated rings. The first kappa shape index (κ1) is 17.9. The molecule has 0 heterocycles. The van der Waals surface area contributed by atoms with E-state index in [0.717, 1.165) is 0 Å². The van der Waals surface area contributed by atoms with Gasteiger partial charge in [0.1, 0.15) is 0 Å². The van der Waals surface area contributed by atoms with E-state index in [1.54, 1.807) is 0 Å². The van der Waals surface area contributed by atoms with Crippen LogP contribution in [-0.2, 0) is 19.1 Å². The molecule has 0 aliphatic rings. The van der Waals surface area contributed by atoms with E-state index in [4.69, 9.17) is 20.4 Å². The number of ether oxygens (including phenoxy) is 2. The van der Waals surface area contributed by atoms with Crippen LogP contribution >= 0.6 is 0 Å². The Bertz CT molecular complexity index is 293. The van der Waals surface area contributed by atoms with E-state index in [0.29, 0.717) is 0 Å². The second-order valence-corrected chi connectivity index (χ2v) is 2.29. The Morgan fingerprint density at radius 3 is 1.06 bits per heavy atom. The molecule has 0 bridgehead atoms. The van der Waals surface area contributed by atoms with Gasteiger partial charge in [-0.2, -0.15) is 0 Å². The van der Waals surface area contributed by atoms with Gasteiger partial charge in [-0.25, -0.2) is 19.2 Å². The van der Waals surface area contributed by atoms with Crippen molar-refractivity contribution in [3.63, 3.8) is 0 Å². The van der Waals surface area contributed by atoms with Crippen molar-refractivity contribution in [3.05, 3.63) is 0 Å². The third-order valence-corrected chi connectivity index (χ3v) is 1.22. The summed E-state index contributed by atoms with van der Waals surface area (Å²) in [6.07, 6.45) is -9.11. The van der Waals surface area contributed by atoms with Crippen molar-refractivity contribution in [2.45, 2.75) is 12.2 Å². The summed E-state index contributed by atoms with van der Waals surface area (Å²) in [6.45, 7) is 0. The molecule has 0 aromatic carbocycles. The van der Waals surface area contributed by atoms with Crippen molar-refractivity contribution in [2.24, 2.45) is 0 Å². The molecule has 11 heteroatoms. The van der Waals surface area contributed by atoms with Crippen molar-refractivity contribution in [1.82, 2.24) is 0 Å². The van der Waals surface area contributed by atoms with E-state index < -0.39 is 36.5 Å². The first-order valence-electron chi connectivity index (χ1n) is 3.50. The number of hydrogen-bond donors (Lipinski definition) is 4. The summed E-state index contributed by atoms with van der Waals surface area (Å²) in [7, 11) is 0. The van der Waals surface area contributed by atoms with Gasteiger partial charge in [0.15, 0.2) is 0 Å². The molecule has 0 aromatic heterocycles. The number of hydrogen-bond acceptors (Lipinski definition) is 6. The molecule has 2 unspecified atom stereocenters. The summed E-state index contributed by atoms with van der Waals surface area (Å²) >= 11 is 0. The summed E-state index contributed by atoms with van der Waals surface area (Å²) in [5.41, 5.74) is 0. The second kappa shape index (κ2) is 7.70. The Balaban J connectivity index is 0. The predicted octanol–water partition coefficient (Wildman–Crippen LogP) is -1.37. The number of carboxylic acid groups (broad SMARTS) is 4. The summed E-state index contributed by atoms with van der Waals surface area (Å²) < 4.78 is 7.37. The fourth-order valence-corrected chi connectivity index (χ4v) is 0.701. The third kappa shape index (κ3) is 6.60. The van der Waals surface area contributed by atoms with Crippen molar-refractivity contribution < 1.29 is 49.1 Å². The normalized spacial score (nSPS) is 12.5. The monoisotopic (exact) mass is 262 g/mol. The predicted molar refractivity (Wildman–Crippen MR) is 48.2 cm³/mol. The molecule has 0 amide bonds. The fraction of sp³-hybridized carbons (Fsp3) is 0.333. The van der Waals surface area contributed by atoms with E-state index in [9.17, 15) is 19.2 Å². The van der Waals surface area contributed by atoms with Crippen LogP contribution in [-0.4, -0.2) is 86.4 Å². The molecule has 4 N–H and O–H groups in total. The van der Waals surface area contributed by atoms with E-state index in [-0.39, 0.29) is 29.6 Å². The van der Waals surface area contributed by atoms with E-state index in [1.807, 2.05) is 0 Å². The topological polar surface area (TPSA) is 168 Å². The molecule has 2 atom stereocenters. The molecule has 92 valence electrons. The standard InChI is InChI=1S/C6H6O10.Na.H/c7-3(8)1(15-5(11)12)2(4(9)10)16-6(13)14;;/h1-2H,(H,7,8)(H,9,10)(H,11,12)(H,13,14);;. The zero-order chi connectivity index (χ0) is 12.9. The van der Waals surface area contributed by atoms with Crippen molar-refractivity contribution in [3.8, 4) is 0 Å². The summed E-state index contributed by atoms with van der Waals surface area (Å²) in [5, 5.41) is 33.1. The van der Waals surface area contributed by atoms with Gasteiger partial charge in [0.25, 0.3) is 0 Å². The summed E-state index contributed by atoms with van der Waals surface area (Å²) in [5.74, 6) is -3.98.